The van der Waals surface area contributed by atoms with Crippen LogP contribution in [0.1, 0.15) is 16.7 Å². The van der Waals surface area contributed by atoms with Crippen molar-refractivity contribution in [3.63, 3.8) is 0 Å². The summed E-state index contributed by atoms with van der Waals surface area (Å²) in [5.74, 6) is -0.475. The number of halogens is 2. The lowest BCUT2D eigenvalue weighted by molar-refractivity contribution is 0.595. The Morgan fingerprint density at radius 2 is 1.89 bits per heavy atom. The zero-order chi connectivity index (χ0) is 19.0. The summed E-state index contributed by atoms with van der Waals surface area (Å²) in [7, 11) is 0. The smallest absolute Gasteiger partial charge is 0.283 e. The van der Waals surface area contributed by atoms with Gasteiger partial charge in [-0.15, -0.1) is 5.10 Å². The molecule has 0 fully saturated rings. The molecule has 0 bridgehead atoms. The van der Waals surface area contributed by atoms with Gasteiger partial charge in [-0.25, -0.2) is 14.1 Å². The average Bonchev–Trinajstić information content (AvgIpc) is 3.05. The highest BCUT2D eigenvalue weighted by molar-refractivity contribution is 6.31. The van der Waals surface area contributed by atoms with E-state index in [4.69, 9.17) is 11.6 Å². The van der Waals surface area contributed by atoms with Crippen LogP contribution in [0.15, 0.2) is 53.6 Å². The maximum absolute atomic E-state index is 14.0. The van der Waals surface area contributed by atoms with Crippen molar-refractivity contribution in [2.75, 3.05) is 0 Å². The normalized spacial score (nSPS) is 11.2. The topological polar surface area (TPSA) is 65.6 Å². The fourth-order valence-corrected chi connectivity index (χ4v) is 3.05. The molecule has 0 N–H and O–H groups in total. The highest BCUT2D eigenvalue weighted by atomic mass is 35.5. The van der Waals surface area contributed by atoms with E-state index in [0.29, 0.717) is 12.2 Å². The first-order chi connectivity index (χ1) is 13.0. The highest BCUT2D eigenvalue weighted by Crippen LogP contribution is 2.19. The van der Waals surface area contributed by atoms with Gasteiger partial charge in [-0.2, -0.15) is 0 Å². The monoisotopic (exact) mass is 383 g/mol. The minimum absolute atomic E-state index is 0.0297. The van der Waals surface area contributed by atoms with Crippen LogP contribution in [0, 0.1) is 12.7 Å². The molecular weight excluding hydrogens is 369 g/mol. The first-order valence-corrected chi connectivity index (χ1v) is 8.68. The van der Waals surface area contributed by atoms with Crippen LogP contribution in [0.25, 0.3) is 11.2 Å². The van der Waals surface area contributed by atoms with Crippen molar-refractivity contribution in [3.05, 3.63) is 86.7 Å². The van der Waals surface area contributed by atoms with Crippen molar-refractivity contribution in [2.45, 2.75) is 20.0 Å². The van der Waals surface area contributed by atoms with Gasteiger partial charge in [0.1, 0.15) is 12.1 Å². The third-order valence-electron chi connectivity index (χ3n) is 4.33. The van der Waals surface area contributed by atoms with E-state index in [1.807, 2.05) is 31.2 Å². The molecule has 2 aromatic heterocycles. The number of aryl methyl sites for hydroxylation is 1. The van der Waals surface area contributed by atoms with Gasteiger partial charge in [0.2, 0.25) is 0 Å². The van der Waals surface area contributed by atoms with Crippen molar-refractivity contribution in [1.29, 1.82) is 0 Å². The molecule has 2 heterocycles. The second-order valence-electron chi connectivity index (χ2n) is 6.28. The molecule has 136 valence electrons. The summed E-state index contributed by atoms with van der Waals surface area (Å²) in [5, 5.41) is 8.27. The van der Waals surface area contributed by atoms with E-state index < -0.39 is 11.4 Å². The summed E-state index contributed by atoms with van der Waals surface area (Å²) < 4.78 is 16.9. The Hall–Kier alpha value is -3.06. The minimum Gasteiger partial charge on any atom is -0.293 e. The van der Waals surface area contributed by atoms with E-state index in [2.05, 4.69) is 15.3 Å². The lowest BCUT2D eigenvalue weighted by atomic mass is 10.1. The molecule has 0 aliphatic carbocycles. The molecule has 0 unspecified atom stereocenters. The van der Waals surface area contributed by atoms with E-state index in [-0.39, 0.29) is 22.6 Å². The molecule has 0 amide bonds. The Labute approximate surface area is 158 Å². The van der Waals surface area contributed by atoms with E-state index >= 15 is 0 Å². The fraction of sp³-hybridized carbons (Fsp3) is 0.158. The molecule has 4 aromatic rings. The zero-order valence-electron chi connectivity index (χ0n) is 14.4. The summed E-state index contributed by atoms with van der Waals surface area (Å²) in [6.07, 6.45) is 1.36. The number of benzene rings is 2. The van der Waals surface area contributed by atoms with Gasteiger partial charge in [-0.1, -0.05) is 52.7 Å². The fourth-order valence-electron chi connectivity index (χ4n) is 2.83. The SMILES string of the molecule is Cc1ccc(Cn2nnc3c(=O)n(Cc4c(F)cccc4Cl)cnc32)cc1. The van der Waals surface area contributed by atoms with Crippen LogP contribution in [0.5, 0.6) is 0 Å². The molecule has 0 atom stereocenters. The first-order valence-electron chi connectivity index (χ1n) is 8.30. The van der Waals surface area contributed by atoms with Crippen molar-refractivity contribution in [1.82, 2.24) is 24.5 Å². The van der Waals surface area contributed by atoms with Crippen LogP contribution in [0.2, 0.25) is 5.02 Å². The lowest BCUT2D eigenvalue weighted by Gasteiger charge is -2.08. The Morgan fingerprint density at radius 1 is 1.11 bits per heavy atom. The van der Waals surface area contributed by atoms with Crippen molar-refractivity contribution >= 4 is 22.8 Å². The second-order valence-corrected chi connectivity index (χ2v) is 6.69. The molecule has 4 rings (SSSR count). The van der Waals surface area contributed by atoms with E-state index in [0.717, 1.165) is 11.1 Å². The summed E-state index contributed by atoms with van der Waals surface area (Å²) in [4.78, 5) is 17.0. The largest absolute Gasteiger partial charge is 0.293 e. The molecule has 0 saturated heterocycles. The van der Waals surface area contributed by atoms with Crippen molar-refractivity contribution < 1.29 is 4.39 Å². The molecule has 6 nitrogen and oxygen atoms in total. The third kappa shape index (κ3) is 3.33. The Balaban J connectivity index is 1.69. The van der Waals surface area contributed by atoms with Gasteiger partial charge < -0.3 is 0 Å². The molecular formula is C19H15ClFN5O. The standard InChI is InChI=1S/C19H15ClFN5O/c1-12-5-7-13(8-6-12)9-26-18-17(23-24-26)19(27)25(11-22-18)10-14-15(20)3-2-4-16(14)21/h2-8,11H,9-10H2,1H3. The molecule has 0 saturated carbocycles. The van der Waals surface area contributed by atoms with Gasteiger partial charge in [-0.3, -0.25) is 9.36 Å². The number of rotatable bonds is 4. The minimum atomic E-state index is -0.475. The number of nitrogens with zero attached hydrogens (tertiary/aromatic N) is 5. The second kappa shape index (κ2) is 6.92. The Morgan fingerprint density at radius 3 is 2.63 bits per heavy atom. The first kappa shape index (κ1) is 17.4. The third-order valence-corrected chi connectivity index (χ3v) is 4.69. The molecule has 2 aromatic carbocycles. The average molecular weight is 384 g/mol. The number of hydrogen-bond acceptors (Lipinski definition) is 4. The van der Waals surface area contributed by atoms with Gasteiger partial charge >= 0.3 is 0 Å². The number of hydrogen-bond donors (Lipinski definition) is 0. The van der Waals surface area contributed by atoms with Gasteiger partial charge in [0, 0.05) is 10.6 Å². The quantitative estimate of drug-likeness (QED) is 0.543. The Bertz CT molecular complexity index is 1160. The molecule has 8 heteroatoms. The molecule has 0 spiro atoms. The van der Waals surface area contributed by atoms with Gasteiger partial charge in [0.15, 0.2) is 11.2 Å². The van der Waals surface area contributed by atoms with E-state index in [1.54, 1.807) is 10.7 Å². The van der Waals surface area contributed by atoms with Crippen LogP contribution < -0.4 is 5.56 Å². The summed E-state index contributed by atoms with van der Waals surface area (Å²) in [6.45, 7) is 2.44. The lowest BCUT2D eigenvalue weighted by Crippen LogP contribution is -2.22. The molecule has 0 aliphatic rings. The van der Waals surface area contributed by atoms with Crippen LogP contribution in [-0.4, -0.2) is 24.5 Å². The van der Waals surface area contributed by atoms with Gasteiger partial charge in [-0.05, 0) is 24.6 Å². The molecule has 27 heavy (non-hydrogen) atoms. The maximum atomic E-state index is 14.0. The van der Waals surface area contributed by atoms with Crippen molar-refractivity contribution in [2.24, 2.45) is 0 Å². The predicted molar refractivity (Wildman–Crippen MR) is 100 cm³/mol. The maximum Gasteiger partial charge on any atom is 0.283 e. The highest BCUT2D eigenvalue weighted by Gasteiger charge is 2.14. The zero-order valence-corrected chi connectivity index (χ0v) is 15.2. The van der Waals surface area contributed by atoms with Gasteiger partial charge in [0.05, 0.1) is 13.1 Å². The van der Waals surface area contributed by atoms with E-state index in [9.17, 15) is 9.18 Å². The van der Waals surface area contributed by atoms with Crippen LogP contribution in [0.3, 0.4) is 0 Å². The Kier molecular flexibility index (Phi) is 4.45. The molecule has 0 aliphatic heterocycles. The van der Waals surface area contributed by atoms with Crippen LogP contribution in [-0.2, 0) is 13.1 Å². The van der Waals surface area contributed by atoms with Crippen LogP contribution in [0.4, 0.5) is 4.39 Å². The van der Waals surface area contributed by atoms with Crippen LogP contribution >= 0.6 is 11.6 Å². The van der Waals surface area contributed by atoms with Crippen molar-refractivity contribution in [3.8, 4) is 0 Å². The number of fused-ring (bicyclic) bond motifs is 1. The number of aromatic nitrogens is 5. The molecule has 0 radical (unpaired) electrons. The van der Waals surface area contributed by atoms with E-state index in [1.165, 1.54) is 23.0 Å². The summed E-state index contributed by atoms with van der Waals surface area (Å²) in [5.41, 5.74) is 2.55. The van der Waals surface area contributed by atoms with Gasteiger partial charge in [0.25, 0.3) is 5.56 Å². The predicted octanol–water partition coefficient (Wildman–Crippen LogP) is 3.19. The summed E-state index contributed by atoms with van der Waals surface area (Å²) in [6, 6.07) is 12.4. The summed E-state index contributed by atoms with van der Waals surface area (Å²) >= 11 is 6.05.